The molecule has 0 saturated carbocycles. The Bertz CT molecular complexity index is 411. The van der Waals surface area contributed by atoms with E-state index in [1.54, 1.807) is 6.92 Å². The smallest absolute Gasteiger partial charge is 0.264 e. The van der Waals surface area contributed by atoms with Crippen molar-refractivity contribution in [1.82, 2.24) is 0 Å². The number of hydrogen-bond donors (Lipinski definition) is 0. The molecule has 0 N–H and O–H groups in total. The van der Waals surface area contributed by atoms with Crippen LogP contribution in [0.4, 0.5) is 0 Å². The first-order valence-corrected chi connectivity index (χ1v) is 8.47. The highest BCUT2D eigenvalue weighted by Gasteiger charge is 2.25. The summed E-state index contributed by atoms with van der Waals surface area (Å²) in [6.45, 7) is 1.41. The summed E-state index contributed by atoms with van der Waals surface area (Å²) in [5.74, 6) is 0. The van der Waals surface area contributed by atoms with E-state index >= 15 is 0 Å². The molecule has 104 valence electrons. The summed E-state index contributed by atoms with van der Waals surface area (Å²) in [6.07, 6.45) is 0.609. The molecule has 9 heteroatoms. The van der Waals surface area contributed by atoms with Gasteiger partial charge in [0.2, 0.25) is 0 Å². The fourth-order valence-electron chi connectivity index (χ4n) is 1.14. The third-order valence-corrected chi connectivity index (χ3v) is 3.03. The fourth-order valence-corrected chi connectivity index (χ4v) is 2.23. The third-order valence-electron chi connectivity index (χ3n) is 1.86. The molecule has 0 aliphatic rings. The molecular weight excluding hydrogens is 272 g/mol. The molecule has 0 aliphatic heterocycles. The van der Waals surface area contributed by atoms with Crippen molar-refractivity contribution >= 4 is 20.2 Å². The van der Waals surface area contributed by atoms with Crippen LogP contribution < -0.4 is 0 Å². The van der Waals surface area contributed by atoms with Crippen LogP contribution in [-0.4, -0.2) is 55.3 Å². The van der Waals surface area contributed by atoms with Gasteiger partial charge in [-0.25, -0.2) is 0 Å². The van der Waals surface area contributed by atoms with Crippen LogP contribution in [0.3, 0.4) is 0 Å². The average molecular weight is 290 g/mol. The van der Waals surface area contributed by atoms with Gasteiger partial charge in [0.15, 0.2) is 0 Å². The zero-order chi connectivity index (χ0) is 13.7. The predicted molar refractivity (Wildman–Crippen MR) is 61.6 cm³/mol. The standard InChI is InChI=1S/C8H18O7S2/c1-5-7(15-17(4,11)12)8(13-2)6-14-16(3,9)10/h7-8H,5-6H2,1-4H3/t7-,8-/m0/s1. The fraction of sp³-hybridized carbons (Fsp3) is 1.00. The van der Waals surface area contributed by atoms with Crippen molar-refractivity contribution in [1.29, 1.82) is 0 Å². The SMILES string of the molecule is CC[C@H](OS(C)(=O)=O)[C@H](COS(C)(=O)=O)OC. The van der Waals surface area contributed by atoms with Gasteiger partial charge in [-0.2, -0.15) is 16.8 Å². The van der Waals surface area contributed by atoms with Gasteiger partial charge in [0.25, 0.3) is 20.2 Å². The molecule has 0 aromatic carbocycles. The van der Waals surface area contributed by atoms with Crippen LogP contribution in [0.15, 0.2) is 0 Å². The van der Waals surface area contributed by atoms with Crippen molar-refractivity contribution in [2.75, 3.05) is 26.2 Å². The zero-order valence-corrected chi connectivity index (χ0v) is 11.9. The maximum absolute atomic E-state index is 11.0. The van der Waals surface area contributed by atoms with Crippen LogP contribution in [-0.2, 0) is 33.3 Å². The minimum atomic E-state index is -3.63. The highest BCUT2D eigenvalue weighted by atomic mass is 32.2. The average Bonchev–Trinajstić information content (AvgIpc) is 2.13. The van der Waals surface area contributed by atoms with E-state index in [1.807, 2.05) is 0 Å². The third kappa shape index (κ3) is 8.50. The van der Waals surface area contributed by atoms with E-state index in [2.05, 4.69) is 4.18 Å². The van der Waals surface area contributed by atoms with Gasteiger partial charge in [0.05, 0.1) is 19.1 Å². The lowest BCUT2D eigenvalue weighted by Gasteiger charge is -2.23. The number of methoxy groups -OCH3 is 1. The van der Waals surface area contributed by atoms with Crippen LogP contribution in [0.1, 0.15) is 13.3 Å². The van der Waals surface area contributed by atoms with Crippen molar-refractivity contribution in [3.63, 3.8) is 0 Å². The highest BCUT2D eigenvalue weighted by Crippen LogP contribution is 2.12. The number of hydrogen-bond acceptors (Lipinski definition) is 7. The van der Waals surface area contributed by atoms with Gasteiger partial charge >= 0.3 is 0 Å². The summed E-state index contributed by atoms with van der Waals surface area (Å²) >= 11 is 0. The number of rotatable bonds is 8. The van der Waals surface area contributed by atoms with E-state index in [4.69, 9.17) is 8.92 Å². The first-order chi connectivity index (χ1) is 7.59. The molecule has 0 rings (SSSR count). The second-order valence-corrected chi connectivity index (χ2v) is 6.75. The normalized spacial score (nSPS) is 16.7. The molecule has 17 heavy (non-hydrogen) atoms. The van der Waals surface area contributed by atoms with Crippen LogP contribution in [0, 0.1) is 0 Å². The van der Waals surface area contributed by atoms with E-state index in [9.17, 15) is 16.8 Å². The van der Waals surface area contributed by atoms with E-state index in [1.165, 1.54) is 7.11 Å². The summed E-state index contributed by atoms with van der Waals surface area (Å²) < 4.78 is 57.9. The Morgan fingerprint density at radius 3 is 1.82 bits per heavy atom. The maximum atomic E-state index is 11.0. The summed E-state index contributed by atoms with van der Waals surface area (Å²) in [6, 6.07) is 0. The van der Waals surface area contributed by atoms with Crippen LogP contribution in [0.2, 0.25) is 0 Å². The molecule has 0 radical (unpaired) electrons. The Kier molecular flexibility index (Phi) is 6.56. The monoisotopic (exact) mass is 290 g/mol. The Morgan fingerprint density at radius 1 is 1.00 bits per heavy atom. The van der Waals surface area contributed by atoms with Crippen LogP contribution >= 0.6 is 0 Å². The lowest BCUT2D eigenvalue weighted by Crippen LogP contribution is -2.36. The molecular formula is C8H18O7S2. The zero-order valence-electron chi connectivity index (χ0n) is 10.2. The van der Waals surface area contributed by atoms with Gasteiger partial charge in [-0.15, -0.1) is 0 Å². The molecule has 0 aromatic rings. The molecule has 0 unspecified atom stereocenters. The topological polar surface area (TPSA) is 96.0 Å². The van der Waals surface area contributed by atoms with Gasteiger partial charge in [0, 0.05) is 7.11 Å². The second kappa shape index (κ2) is 6.64. The number of ether oxygens (including phenoxy) is 1. The lowest BCUT2D eigenvalue weighted by molar-refractivity contribution is -0.0206. The molecule has 0 bridgehead atoms. The van der Waals surface area contributed by atoms with Crippen molar-refractivity contribution < 1.29 is 29.9 Å². The van der Waals surface area contributed by atoms with E-state index in [0.717, 1.165) is 12.5 Å². The first kappa shape index (κ1) is 16.8. The van der Waals surface area contributed by atoms with Gasteiger partial charge in [0.1, 0.15) is 12.2 Å². The minimum absolute atomic E-state index is 0.288. The highest BCUT2D eigenvalue weighted by molar-refractivity contribution is 7.86. The molecule has 0 aliphatic carbocycles. The van der Waals surface area contributed by atoms with Crippen molar-refractivity contribution in [3.05, 3.63) is 0 Å². The molecule has 0 saturated heterocycles. The molecule has 0 amide bonds. The quantitative estimate of drug-likeness (QED) is 0.568. The molecule has 7 nitrogen and oxygen atoms in total. The van der Waals surface area contributed by atoms with E-state index in [-0.39, 0.29) is 6.61 Å². The van der Waals surface area contributed by atoms with Gasteiger partial charge < -0.3 is 4.74 Å². The summed E-state index contributed by atoms with van der Waals surface area (Å²) in [7, 11) is -5.91. The molecule has 0 spiro atoms. The minimum Gasteiger partial charge on any atom is -0.376 e. The lowest BCUT2D eigenvalue weighted by atomic mass is 10.2. The molecule has 2 atom stereocenters. The Balaban J connectivity index is 4.60. The van der Waals surface area contributed by atoms with Gasteiger partial charge in [-0.1, -0.05) is 6.92 Å². The largest absolute Gasteiger partial charge is 0.376 e. The van der Waals surface area contributed by atoms with E-state index in [0.29, 0.717) is 6.42 Å². The Hall–Kier alpha value is -0.220. The van der Waals surface area contributed by atoms with Gasteiger partial charge in [-0.05, 0) is 6.42 Å². The van der Waals surface area contributed by atoms with Gasteiger partial charge in [-0.3, -0.25) is 8.37 Å². The van der Waals surface area contributed by atoms with Crippen LogP contribution in [0.5, 0.6) is 0 Å². The van der Waals surface area contributed by atoms with Crippen molar-refractivity contribution in [3.8, 4) is 0 Å². The predicted octanol–water partition coefficient (Wildman–Crippen LogP) is -0.268. The van der Waals surface area contributed by atoms with E-state index < -0.39 is 32.4 Å². The summed E-state index contributed by atoms with van der Waals surface area (Å²) in [4.78, 5) is 0. The Labute approximate surface area is 102 Å². The summed E-state index contributed by atoms with van der Waals surface area (Å²) in [5, 5.41) is 0. The first-order valence-electron chi connectivity index (χ1n) is 4.84. The Morgan fingerprint density at radius 2 is 1.53 bits per heavy atom. The van der Waals surface area contributed by atoms with Crippen molar-refractivity contribution in [2.24, 2.45) is 0 Å². The molecule has 0 heterocycles. The molecule has 0 aromatic heterocycles. The van der Waals surface area contributed by atoms with Crippen LogP contribution in [0.25, 0.3) is 0 Å². The molecule has 0 fully saturated rings. The maximum Gasteiger partial charge on any atom is 0.264 e. The second-order valence-electron chi connectivity index (χ2n) is 3.51. The summed E-state index contributed by atoms with van der Waals surface area (Å²) in [5.41, 5.74) is 0. The van der Waals surface area contributed by atoms with Crippen molar-refractivity contribution in [2.45, 2.75) is 25.6 Å².